The lowest BCUT2D eigenvalue weighted by molar-refractivity contribution is 0.0638. The maximum Gasteiger partial charge on any atom is 0.258 e. The number of H-pyrrole nitrogens is 1. The molecule has 2 aromatic carbocycles. The van der Waals surface area contributed by atoms with Gasteiger partial charge in [0.15, 0.2) is 11.5 Å². The van der Waals surface area contributed by atoms with Crippen molar-refractivity contribution in [2.24, 2.45) is 0 Å². The Morgan fingerprint density at radius 1 is 1.27 bits per heavy atom. The molecule has 2 N–H and O–H groups in total. The molecule has 0 aliphatic rings. The summed E-state index contributed by atoms with van der Waals surface area (Å²) in [6, 6.07) is 10.7. The normalized spacial score (nSPS) is 12.2. The van der Waals surface area contributed by atoms with Crippen LogP contribution in [0.4, 0.5) is 0 Å². The van der Waals surface area contributed by atoms with Crippen LogP contribution < -0.4 is 15.0 Å². The average Bonchev–Trinajstić information content (AvgIpc) is 2.78. The molecule has 0 amide bonds. The van der Waals surface area contributed by atoms with Crippen LogP contribution in [0.5, 0.6) is 11.5 Å². The highest BCUT2D eigenvalue weighted by atomic mass is 35.5. The summed E-state index contributed by atoms with van der Waals surface area (Å²) in [7, 11) is 1.59. The van der Waals surface area contributed by atoms with E-state index in [0.29, 0.717) is 46.3 Å². The van der Waals surface area contributed by atoms with E-state index in [9.17, 15) is 9.90 Å². The van der Waals surface area contributed by atoms with E-state index < -0.39 is 6.10 Å². The Morgan fingerprint density at radius 2 is 2.09 bits per heavy atom. The Kier molecular flexibility index (Phi) is 8.88. The van der Waals surface area contributed by atoms with Crippen LogP contribution in [0.15, 0.2) is 53.8 Å². The number of rotatable bonds is 12. The van der Waals surface area contributed by atoms with Crippen molar-refractivity contribution in [2.75, 3.05) is 26.8 Å². The van der Waals surface area contributed by atoms with Gasteiger partial charge in [-0.25, -0.2) is 4.98 Å². The van der Waals surface area contributed by atoms with Gasteiger partial charge in [0.25, 0.3) is 5.56 Å². The van der Waals surface area contributed by atoms with Crippen LogP contribution in [-0.2, 0) is 13.0 Å². The molecule has 1 unspecified atom stereocenters. The van der Waals surface area contributed by atoms with Crippen molar-refractivity contribution < 1.29 is 14.6 Å². The van der Waals surface area contributed by atoms with Gasteiger partial charge < -0.3 is 19.6 Å². The van der Waals surface area contributed by atoms with Crippen LogP contribution in [0.2, 0.25) is 5.02 Å². The number of aromatic nitrogens is 2. The van der Waals surface area contributed by atoms with Crippen LogP contribution in [0.3, 0.4) is 0 Å². The van der Waals surface area contributed by atoms with Crippen molar-refractivity contribution in [1.82, 2.24) is 14.9 Å². The van der Waals surface area contributed by atoms with Gasteiger partial charge in [0.2, 0.25) is 0 Å². The number of fused-ring (bicyclic) bond motifs is 1. The lowest BCUT2D eigenvalue weighted by Gasteiger charge is -2.24. The Labute approximate surface area is 198 Å². The molecule has 0 radical (unpaired) electrons. The number of hydrogen-bond acceptors (Lipinski definition) is 6. The molecule has 0 saturated heterocycles. The van der Waals surface area contributed by atoms with E-state index >= 15 is 0 Å². The Morgan fingerprint density at radius 3 is 2.82 bits per heavy atom. The first-order valence-electron chi connectivity index (χ1n) is 10.9. The van der Waals surface area contributed by atoms with Crippen molar-refractivity contribution in [3.8, 4) is 11.5 Å². The standard InChI is InChI=1S/C25H30ClN3O4/c1-4-6-17-7-10-22(23(12-17)32-3)33-16-19(30)14-29(11-5-2)15-24-27-21-13-18(26)8-9-20(21)25(31)28-24/h4,7-10,12-13,19,30H,1,5-6,11,14-16H2,2-3H3,(H,27,28,31). The lowest BCUT2D eigenvalue weighted by Crippen LogP contribution is -2.36. The smallest absolute Gasteiger partial charge is 0.258 e. The largest absolute Gasteiger partial charge is 0.493 e. The van der Waals surface area contributed by atoms with Crippen molar-refractivity contribution in [3.05, 3.63) is 75.8 Å². The number of nitrogens with one attached hydrogen (secondary N) is 1. The van der Waals surface area contributed by atoms with E-state index in [1.165, 1.54) is 0 Å². The zero-order valence-corrected chi connectivity index (χ0v) is 19.8. The summed E-state index contributed by atoms with van der Waals surface area (Å²) >= 11 is 6.06. The molecular weight excluding hydrogens is 442 g/mol. The van der Waals surface area contributed by atoms with Crippen molar-refractivity contribution in [1.29, 1.82) is 0 Å². The monoisotopic (exact) mass is 471 g/mol. The third kappa shape index (κ3) is 6.81. The maximum atomic E-state index is 12.4. The fraction of sp³-hybridized carbons (Fsp3) is 0.360. The number of aromatic amines is 1. The minimum atomic E-state index is -0.740. The summed E-state index contributed by atoms with van der Waals surface area (Å²) in [6.07, 6.45) is 2.71. The molecule has 7 nitrogen and oxygen atoms in total. The quantitative estimate of drug-likeness (QED) is 0.389. The van der Waals surface area contributed by atoms with E-state index in [-0.39, 0.29) is 12.2 Å². The summed E-state index contributed by atoms with van der Waals surface area (Å²) in [6.45, 7) is 7.40. The number of ether oxygens (including phenoxy) is 2. The number of methoxy groups -OCH3 is 1. The van der Waals surface area contributed by atoms with Crippen molar-refractivity contribution >= 4 is 22.5 Å². The first kappa shape index (κ1) is 24.8. The Hall–Kier alpha value is -2.87. The van der Waals surface area contributed by atoms with E-state index in [1.807, 2.05) is 29.2 Å². The fourth-order valence-electron chi connectivity index (χ4n) is 3.66. The number of nitrogens with zero attached hydrogens (tertiary/aromatic N) is 2. The molecule has 8 heteroatoms. The second-order valence-corrected chi connectivity index (χ2v) is 8.29. The zero-order valence-electron chi connectivity index (χ0n) is 19.0. The topological polar surface area (TPSA) is 87.7 Å². The Balaban J connectivity index is 1.65. The SMILES string of the molecule is C=CCc1ccc(OCC(O)CN(CCC)Cc2nc3cc(Cl)ccc3c(=O)[nH]2)c(OC)c1. The van der Waals surface area contributed by atoms with Crippen LogP contribution in [-0.4, -0.2) is 52.9 Å². The molecule has 0 bridgehead atoms. The summed E-state index contributed by atoms with van der Waals surface area (Å²) in [5.74, 6) is 1.71. The number of allylic oxidation sites excluding steroid dienone is 1. The average molecular weight is 472 g/mol. The highest BCUT2D eigenvalue weighted by Gasteiger charge is 2.16. The second-order valence-electron chi connectivity index (χ2n) is 7.85. The van der Waals surface area contributed by atoms with E-state index in [4.69, 9.17) is 21.1 Å². The molecule has 1 heterocycles. The fourth-order valence-corrected chi connectivity index (χ4v) is 3.83. The predicted molar refractivity (Wildman–Crippen MR) is 131 cm³/mol. The van der Waals surface area contributed by atoms with Crippen molar-refractivity contribution in [2.45, 2.75) is 32.4 Å². The maximum absolute atomic E-state index is 12.4. The van der Waals surface area contributed by atoms with Gasteiger partial charge in [-0.05, 0) is 55.3 Å². The Bertz CT molecular complexity index is 1150. The number of benzene rings is 2. The van der Waals surface area contributed by atoms with E-state index in [2.05, 4.69) is 23.5 Å². The number of hydrogen-bond donors (Lipinski definition) is 2. The summed E-state index contributed by atoms with van der Waals surface area (Å²) in [4.78, 5) is 21.8. The first-order chi connectivity index (χ1) is 15.9. The van der Waals surface area contributed by atoms with Gasteiger partial charge in [-0.15, -0.1) is 6.58 Å². The number of aliphatic hydroxyl groups is 1. The molecule has 176 valence electrons. The van der Waals surface area contributed by atoms with Gasteiger partial charge in [0.05, 0.1) is 24.6 Å². The molecule has 1 atom stereocenters. The second kappa shape index (κ2) is 11.8. The molecule has 0 aliphatic carbocycles. The van der Waals surface area contributed by atoms with Gasteiger partial charge in [-0.2, -0.15) is 0 Å². The minimum absolute atomic E-state index is 0.106. The molecule has 0 saturated carbocycles. The van der Waals surface area contributed by atoms with Gasteiger partial charge in [0.1, 0.15) is 18.5 Å². The highest BCUT2D eigenvalue weighted by Crippen LogP contribution is 2.28. The molecule has 33 heavy (non-hydrogen) atoms. The molecule has 0 spiro atoms. The predicted octanol–water partition coefficient (Wildman–Crippen LogP) is 3.97. The lowest BCUT2D eigenvalue weighted by atomic mass is 10.1. The number of aliphatic hydroxyl groups excluding tert-OH is 1. The highest BCUT2D eigenvalue weighted by molar-refractivity contribution is 6.31. The first-order valence-corrected chi connectivity index (χ1v) is 11.3. The summed E-state index contributed by atoms with van der Waals surface area (Å²) in [5, 5.41) is 11.6. The van der Waals surface area contributed by atoms with Gasteiger partial charge >= 0.3 is 0 Å². The third-order valence-corrected chi connectivity index (χ3v) is 5.37. The molecule has 3 aromatic rings. The molecule has 0 fully saturated rings. The van der Waals surface area contributed by atoms with Crippen LogP contribution in [0, 0.1) is 0 Å². The third-order valence-electron chi connectivity index (χ3n) is 5.14. The van der Waals surface area contributed by atoms with Crippen LogP contribution in [0.1, 0.15) is 24.7 Å². The van der Waals surface area contributed by atoms with E-state index in [0.717, 1.165) is 24.9 Å². The number of halogens is 1. The molecule has 0 aliphatic heterocycles. The molecule has 1 aromatic heterocycles. The molecular formula is C25H30ClN3O4. The van der Waals surface area contributed by atoms with Gasteiger partial charge in [0, 0.05) is 11.6 Å². The van der Waals surface area contributed by atoms with Gasteiger partial charge in [-0.3, -0.25) is 9.69 Å². The minimum Gasteiger partial charge on any atom is -0.493 e. The van der Waals surface area contributed by atoms with E-state index in [1.54, 1.807) is 25.3 Å². The molecule has 3 rings (SSSR count). The van der Waals surface area contributed by atoms with Crippen molar-refractivity contribution in [3.63, 3.8) is 0 Å². The van der Waals surface area contributed by atoms with Crippen LogP contribution in [0.25, 0.3) is 10.9 Å². The summed E-state index contributed by atoms with van der Waals surface area (Å²) < 4.78 is 11.2. The van der Waals surface area contributed by atoms with Crippen LogP contribution >= 0.6 is 11.6 Å². The summed E-state index contributed by atoms with van der Waals surface area (Å²) in [5.41, 5.74) is 1.41. The van der Waals surface area contributed by atoms with Gasteiger partial charge in [-0.1, -0.05) is 30.7 Å². The zero-order chi connectivity index (χ0) is 23.8.